The molecule has 6 nitrogen and oxygen atoms in total. The van der Waals surface area contributed by atoms with Gasteiger partial charge in [-0.1, -0.05) is 5.16 Å². The Bertz CT molecular complexity index is 490. The maximum Gasteiger partial charge on any atom is 0.303 e. The third kappa shape index (κ3) is 3.46. The van der Waals surface area contributed by atoms with Crippen LogP contribution in [0.25, 0.3) is 11.5 Å². The summed E-state index contributed by atoms with van der Waals surface area (Å²) < 4.78 is 10.3. The fourth-order valence-corrected chi connectivity index (χ4v) is 1.51. The molecule has 0 atom stereocenters. The summed E-state index contributed by atoms with van der Waals surface area (Å²) in [5.74, 6) is 0.445. The van der Waals surface area contributed by atoms with Crippen LogP contribution in [0.4, 0.5) is 0 Å². The maximum absolute atomic E-state index is 10.3. The molecule has 2 aromatic rings. The molecule has 0 aliphatic rings. The van der Waals surface area contributed by atoms with Crippen LogP contribution in [-0.2, 0) is 11.3 Å². The van der Waals surface area contributed by atoms with Crippen molar-refractivity contribution in [1.82, 2.24) is 10.5 Å². The van der Waals surface area contributed by atoms with Crippen molar-refractivity contribution in [3.63, 3.8) is 0 Å². The fourth-order valence-electron chi connectivity index (χ4n) is 1.51. The Kier molecular flexibility index (Phi) is 4.14. The average Bonchev–Trinajstić information content (AvgIpc) is 2.98. The third-order valence-corrected chi connectivity index (χ3v) is 2.37. The summed E-state index contributed by atoms with van der Waals surface area (Å²) in [5.41, 5.74) is 0.761. The van der Waals surface area contributed by atoms with Gasteiger partial charge < -0.3 is 19.4 Å². The van der Waals surface area contributed by atoms with Crippen molar-refractivity contribution in [3.05, 3.63) is 30.2 Å². The normalized spacial score (nSPS) is 10.7. The Morgan fingerprint density at radius 1 is 1.44 bits per heavy atom. The molecule has 2 aromatic heterocycles. The minimum absolute atomic E-state index is 0.170. The summed E-state index contributed by atoms with van der Waals surface area (Å²) in [6.07, 6.45) is 2.34. The molecule has 0 aromatic carbocycles. The van der Waals surface area contributed by atoms with Gasteiger partial charge in [0.1, 0.15) is 0 Å². The van der Waals surface area contributed by atoms with Gasteiger partial charge in [-0.25, -0.2) is 0 Å². The molecule has 2 rings (SSSR count). The van der Waals surface area contributed by atoms with Crippen LogP contribution in [0.1, 0.15) is 18.5 Å². The van der Waals surface area contributed by atoms with Crippen molar-refractivity contribution in [2.24, 2.45) is 0 Å². The number of hydrogen-bond donors (Lipinski definition) is 2. The molecule has 0 aliphatic carbocycles. The molecule has 0 fully saturated rings. The van der Waals surface area contributed by atoms with Crippen LogP contribution in [-0.4, -0.2) is 22.8 Å². The summed E-state index contributed by atoms with van der Waals surface area (Å²) in [6.45, 7) is 1.18. The number of carbonyl (C=O) groups is 1. The largest absolute Gasteiger partial charge is 0.481 e. The first-order chi connectivity index (χ1) is 8.75. The van der Waals surface area contributed by atoms with E-state index in [1.54, 1.807) is 24.5 Å². The fraction of sp³-hybridized carbons (Fsp3) is 0.333. The highest BCUT2D eigenvalue weighted by molar-refractivity contribution is 5.66. The topological polar surface area (TPSA) is 88.5 Å². The van der Waals surface area contributed by atoms with Gasteiger partial charge >= 0.3 is 5.97 Å². The van der Waals surface area contributed by atoms with Crippen molar-refractivity contribution < 1.29 is 18.8 Å². The summed E-state index contributed by atoms with van der Waals surface area (Å²) in [5, 5.41) is 15.5. The van der Waals surface area contributed by atoms with E-state index >= 15 is 0 Å². The molecular weight excluding hydrogens is 236 g/mol. The van der Waals surface area contributed by atoms with Crippen molar-refractivity contribution in [3.8, 4) is 11.5 Å². The second kappa shape index (κ2) is 6.02. The number of carboxylic acids is 1. The molecular formula is C12H14N2O4. The lowest BCUT2D eigenvalue weighted by atomic mass is 10.3. The number of nitrogens with zero attached hydrogens (tertiary/aromatic N) is 1. The van der Waals surface area contributed by atoms with Crippen LogP contribution in [0.15, 0.2) is 33.4 Å². The average molecular weight is 250 g/mol. The SMILES string of the molecule is O=C(O)CCCNCc1cc(-c2ccco2)on1. The number of nitrogens with one attached hydrogen (secondary N) is 1. The molecule has 0 amide bonds. The van der Waals surface area contributed by atoms with E-state index in [1.165, 1.54) is 0 Å². The van der Waals surface area contributed by atoms with Crippen molar-refractivity contribution in [2.45, 2.75) is 19.4 Å². The van der Waals surface area contributed by atoms with Crippen LogP contribution >= 0.6 is 0 Å². The van der Waals surface area contributed by atoms with Crippen molar-refractivity contribution >= 4 is 5.97 Å². The second-order valence-electron chi connectivity index (χ2n) is 3.83. The van der Waals surface area contributed by atoms with E-state index in [0.29, 0.717) is 31.0 Å². The van der Waals surface area contributed by atoms with Gasteiger partial charge in [0.15, 0.2) is 5.76 Å². The van der Waals surface area contributed by atoms with Gasteiger partial charge in [-0.2, -0.15) is 0 Å². The minimum Gasteiger partial charge on any atom is -0.481 e. The summed E-state index contributed by atoms with van der Waals surface area (Å²) in [6, 6.07) is 5.37. The van der Waals surface area contributed by atoms with Crippen LogP contribution in [0.2, 0.25) is 0 Å². The third-order valence-electron chi connectivity index (χ3n) is 2.37. The molecule has 2 heterocycles. The zero-order valence-electron chi connectivity index (χ0n) is 9.76. The maximum atomic E-state index is 10.3. The number of carboxylic acid groups (broad SMARTS) is 1. The van der Waals surface area contributed by atoms with Gasteiger partial charge in [-0.3, -0.25) is 4.79 Å². The quantitative estimate of drug-likeness (QED) is 0.729. The van der Waals surface area contributed by atoms with Gasteiger partial charge in [0.05, 0.1) is 12.0 Å². The zero-order valence-corrected chi connectivity index (χ0v) is 9.76. The van der Waals surface area contributed by atoms with E-state index in [1.807, 2.05) is 0 Å². The smallest absolute Gasteiger partial charge is 0.303 e. The molecule has 0 aliphatic heterocycles. The van der Waals surface area contributed by atoms with E-state index in [2.05, 4.69) is 10.5 Å². The Balaban J connectivity index is 1.76. The predicted molar refractivity (Wildman–Crippen MR) is 62.8 cm³/mol. The van der Waals surface area contributed by atoms with Gasteiger partial charge in [-0.15, -0.1) is 0 Å². The predicted octanol–water partition coefficient (Wildman–Crippen LogP) is 1.89. The lowest BCUT2D eigenvalue weighted by Crippen LogP contribution is -2.15. The summed E-state index contributed by atoms with van der Waals surface area (Å²) >= 11 is 0. The first-order valence-electron chi connectivity index (χ1n) is 5.67. The monoisotopic (exact) mass is 250 g/mol. The van der Waals surface area contributed by atoms with Gasteiger partial charge in [0.2, 0.25) is 5.76 Å². The zero-order chi connectivity index (χ0) is 12.8. The first-order valence-corrected chi connectivity index (χ1v) is 5.67. The minimum atomic E-state index is -0.779. The van der Waals surface area contributed by atoms with E-state index in [4.69, 9.17) is 14.0 Å². The van der Waals surface area contributed by atoms with Gasteiger partial charge in [-0.05, 0) is 25.1 Å². The highest BCUT2D eigenvalue weighted by Gasteiger charge is 2.08. The molecule has 0 radical (unpaired) electrons. The molecule has 0 saturated carbocycles. The van der Waals surface area contributed by atoms with Crippen molar-refractivity contribution in [2.75, 3.05) is 6.54 Å². The molecule has 0 unspecified atom stereocenters. The molecule has 0 bridgehead atoms. The molecule has 6 heteroatoms. The van der Waals surface area contributed by atoms with E-state index < -0.39 is 5.97 Å². The molecule has 18 heavy (non-hydrogen) atoms. The Morgan fingerprint density at radius 3 is 3.06 bits per heavy atom. The van der Waals surface area contributed by atoms with Crippen LogP contribution in [0.3, 0.4) is 0 Å². The van der Waals surface area contributed by atoms with Crippen LogP contribution in [0.5, 0.6) is 0 Å². The molecule has 96 valence electrons. The standard InChI is InChI=1S/C12H14N2O4/c15-12(16)4-1-5-13-8-9-7-11(18-14-9)10-3-2-6-17-10/h2-3,6-7,13H,1,4-5,8H2,(H,15,16). The van der Waals surface area contributed by atoms with Gasteiger partial charge in [0.25, 0.3) is 0 Å². The van der Waals surface area contributed by atoms with Gasteiger partial charge in [0, 0.05) is 19.0 Å². The second-order valence-corrected chi connectivity index (χ2v) is 3.83. The van der Waals surface area contributed by atoms with E-state index in [0.717, 1.165) is 5.69 Å². The molecule has 0 saturated heterocycles. The Morgan fingerprint density at radius 2 is 2.33 bits per heavy atom. The van der Waals surface area contributed by atoms with Crippen molar-refractivity contribution in [1.29, 1.82) is 0 Å². The summed E-state index contributed by atoms with van der Waals surface area (Å²) in [4.78, 5) is 10.3. The number of aliphatic carboxylic acids is 1. The van der Waals surface area contributed by atoms with Crippen LogP contribution < -0.4 is 5.32 Å². The lowest BCUT2D eigenvalue weighted by molar-refractivity contribution is -0.137. The number of hydrogen-bond acceptors (Lipinski definition) is 5. The number of furan rings is 1. The number of aromatic nitrogens is 1. The highest BCUT2D eigenvalue weighted by Crippen LogP contribution is 2.20. The van der Waals surface area contributed by atoms with E-state index in [9.17, 15) is 4.79 Å². The van der Waals surface area contributed by atoms with Crippen LogP contribution in [0, 0.1) is 0 Å². The lowest BCUT2D eigenvalue weighted by Gasteiger charge is -1.99. The first kappa shape index (κ1) is 12.4. The number of rotatable bonds is 7. The molecule has 2 N–H and O–H groups in total. The van der Waals surface area contributed by atoms with E-state index in [-0.39, 0.29) is 6.42 Å². The molecule has 0 spiro atoms. The highest BCUT2D eigenvalue weighted by atomic mass is 16.5. The Labute approximate surface area is 104 Å². The summed E-state index contributed by atoms with van der Waals surface area (Å²) in [7, 11) is 0. The Hall–Kier alpha value is -2.08.